The van der Waals surface area contributed by atoms with Gasteiger partial charge in [0.25, 0.3) is 0 Å². The van der Waals surface area contributed by atoms with Crippen molar-refractivity contribution < 1.29 is 14.6 Å². The van der Waals surface area contributed by atoms with Gasteiger partial charge in [-0.1, -0.05) is 36.4 Å². The summed E-state index contributed by atoms with van der Waals surface area (Å²) in [6, 6.07) is 15.8. The molecule has 0 radical (unpaired) electrons. The van der Waals surface area contributed by atoms with E-state index in [0.29, 0.717) is 5.75 Å². The van der Waals surface area contributed by atoms with E-state index in [1.54, 1.807) is 0 Å². The van der Waals surface area contributed by atoms with E-state index in [1.807, 2.05) is 61.7 Å². The third kappa shape index (κ3) is 3.81. The first-order valence-corrected chi connectivity index (χ1v) is 7.69. The van der Waals surface area contributed by atoms with Crippen LogP contribution >= 0.6 is 0 Å². The third-order valence-corrected chi connectivity index (χ3v) is 3.64. The van der Waals surface area contributed by atoms with Crippen LogP contribution < -0.4 is 4.74 Å². The van der Waals surface area contributed by atoms with Crippen LogP contribution in [0.15, 0.2) is 54.7 Å². The zero-order valence-electron chi connectivity index (χ0n) is 13.3. The van der Waals surface area contributed by atoms with Crippen molar-refractivity contribution in [1.82, 2.24) is 9.97 Å². The molecular formula is C19H18N2O3. The molecule has 3 rings (SSSR count). The van der Waals surface area contributed by atoms with Gasteiger partial charge in [-0.05, 0) is 30.2 Å². The average molecular weight is 322 g/mol. The van der Waals surface area contributed by atoms with E-state index in [0.717, 1.165) is 28.2 Å². The van der Waals surface area contributed by atoms with Gasteiger partial charge in [-0.2, -0.15) is 0 Å². The number of benzene rings is 2. The quantitative estimate of drug-likeness (QED) is 0.721. The molecule has 1 heterocycles. The molecule has 0 aliphatic rings. The van der Waals surface area contributed by atoms with Gasteiger partial charge in [0.05, 0.1) is 18.7 Å². The highest BCUT2D eigenvalue weighted by Gasteiger charge is 2.04. The molecule has 0 saturated carbocycles. The van der Waals surface area contributed by atoms with Crippen LogP contribution in [0.25, 0.3) is 22.5 Å². The number of carbonyl (C=O) groups is 1. The topological polar surface area (TPSA) is 75.2 Å². The summed E-state index contributed by atoms with van der Waals surface area (Å²) < 4.78 is 5.39. The number of hydrogen-bond donors (Lipinski definition) is 2. The molecular weight excluding hydrogens is 304 g/mol. The Morgan fingerprint density at radius 2 is 1.62 bits per heavy atom. The minimum Gasteiger partial charge on any atom is -0.493 e. The molecule has 3 aromatic rings. The van der Waals surface area contributed by atoms with Gasteiger partial charge in [0.15, 0.2) is 0 Å². The molecule has 122 valence electrons. The number of aryl methyl sites for hydroxylation is 1. The first-order chi connectivity index (χ1) is 11.6. The van der Waals surface area contributed by atoms with E-state index in [4.69, 9.17) is 9.84 Å². The first-order valence-electron chi connectivity index (χ1n) is 7.69. The minimum absolute atomic E-state index is 0.00450. The SMILES string of the molecule is Cc1c[nH]c(-c2ccc(-c3ccc(OCCC(=O)O)cc3)cc2)n1. The third-order valence-electron chi connectivity index (χ3n) is 3.64. The molecule has 5 nitrogen and oxygen atoms in total. The van der Waals surface area contributed by atoms with Crippen LogP contribution in [0.5, 0.6) is 5.75 Å². The van der Waals surface area contributed by atoms with E-state index in [2.05, 4.69) is 9.97 Å². The number of nitrogens with zero attached hydrogens (tertiary/aromatic N) is 1. The Kier molecular flexibility index (Phi) is 4.61. The summed E-state index contributed by atoms with van der Waals surface area (Å²) in [6.07, 6.45) is 1.88. The number of carboxylic acids is 1. The van der Waals surface area contributed by atoms with Crippen molar-refractivity contribution in [3.63, 3.8) is 0 Å². The molecule has 0 fully saturated rings. The number of aromatic nitrogens is 2. The molecule has 2 N–H and O–H groups in total. The maximum atomic E-state index is 10.5. The van der Waals surface area contributed by atoms with Crippen molar-refractivity contribution in [2.45, 2.75) is 13.3 Å². The molecule has 0 atom stereocenters. The van der Waals surface area contributed by atoms with Gasteiger partial charge in [0.2, 0.25) is 0 Å². The smallest absolute Gasteiger partial charge is 0.306 e. The van der Waals surface area contributed by atoms with E-state index in [-0.39, 0.29) is 13.0 Å². The highest BCUT2D eigenvalue weighted by Crippen LogP contribution is 2.25. The van der Waals surface area contributed by atoms with Gasteiger partial charge in [-0.3, -0.25) is 4.79 Å². The maximum absolute atomic E-state index is 10.5. The van der Waals surface area contributed by atoms with Crippen molar-refractivity contribution in [3.05, 3.63) is 60.4 Å². The van der Waals surface area contributed by atoms with Crippen molar-refractivity contribution in [1.29, 1.82) is 0 Å². The fraction of sp³-hybridized carbons (Fsp3) is 0.158. The molecule has 0 aliphatic heterocycles. The van der Waals surface area contributed by atoms with E-state index in [9.17, 15) is 4.79 Å². The molecule has 5 heteroatoms. The lowest BCUT2D eigenvalue weighted by Gasteiger charge is -2.07. The maximum Gasteiger partial charge on any atom is 0.306 e. The fourth-order valence-corrected chi connectivity index (χ4v) is 2.38. The van der Waals surface area contributed by atoms with Crippen molar-refractivity contribution in [2.75, 3.05) is 6.61 Å². The van der Waals surface area contributed by atoms with Crippen molar-refractivity contribution in [2.24, 2.45) is 0 Å². The largest absolute Gasteiger partial charge is 0.493 e. The summed E-state index contributed by atoms with van der Waals surface area (Å²) in [7, 11) is 0. The predicted octanol–water partition coefficient (Wildman–Crippen LogP) is 3.91. The fourth-order valence-electron chi connectivity index (χ4n) is 2.38. The number of aliphatic carboxylic acids is 1. The molecule has 0 unspecified atom stereocenters. The molecule has 0 bridgehead atoms. The first kappa shape index (κ1) is 15.8. The molecule has 1 aromatic heterocycles. The number of rotatable bonds is 6. The second-order valence-corrected chi connectivity index (χ2v) is 5.48. The van der Waals surface area contributed by atoms with E-state index in [1.165, 1.54) is 0 Å². The number of aromatic amines is 1. The van der Waals surface area contributed by atoms with Crippen molar-refractivity contribution >= 4 is 5.97 Å². The monoisotopic (exact) mass is 322 g/mol. The summed E-state index contributed by atoms with van der Waals surface area (Å²) in [5, 5.41) is 8.60. The summed E-state index contributed by atoms with van der Waals surface area (Å²) in [5.41, 5.74) is 4.18. The Bertz CT molecular complexity index is 821. The van der Waals surface area contributed by atoms with Crippen LogP contribution in [0.3, 0.4) is 0 Å². The lowest BCUT2D eigenvalue weighted by Crippen LogP contribution is -2.04. The summed E-state index contributed by atoms with van der Waals surface area (Å²) in [4.78, 5) is 18.0. The van der Waals surface area contributed by atoms with Gasteiger partial charge in [0.1, 0.15) is 11.6 Å². The second-order valence-electron chi connectivity index (χ2n) is 5.48. The van der Waals surface area contributed by atoms with Crippen molar-refractivity contribution in [3.8, 4) is 28.3 Å². The Hall–Kier alpha value is -3.08. The Balaban J connectivity index is 1.69. The Labute approximate surface area is 140 Å². The minimum atomic E-state index is -0.863. The van der Waals surface area contributed by atoms with Gasteiger partial charge >= 0.3 is 5.97 Å². The molecule has 0 amide bonds. The highest BCUT2D eigenvalue weighted by molar-refractivity contribution is 5.68. The van der Waals surface area contributed by atoms with Crippen LogP contribution in [-0.4, -0.2) is 27.7 Å². The number of H-pyrrole nitrogens is 1. The van der Waals surface area contributed by atoms with E-state index >= 15 is 0 Å². The molecule has 0 spiro atoms. The number of carboxylic acid groups (broad SMARTS) is 1. The van der Waals surface area contributed by atoms with Crippen LogP contribution in [0.4, 0.5) is 0 Å². The van der Waals surface area contributed by atoms with Gasteiger partial charge in [-0.15, -0.1) is 0 Å². The molecule has 0 aliphatic carbocycles. The second kappa shape index (κ2) is 7.00. The molecule has 0 saturated heterocycles. The summed E-state index contributed by atoms with van der Waals surface area (Å²) in [5.74, 6) is 0.669. The average Bonchev–Trinajstić information content (AvgIpc) is 3.02. The van der Waals surface area contributed by atoms with E-state index < -0.39 is 5.97 Å². The predicted molar refractivity (Wildman–Crippen MR) is 91.9 cm³/mol. The summed E-state index contributed by atoms with van der Waals surface area (Å²) in [6.45, 7) is 2.13. The zero-order chi connectivity index (χ0) is 16.9. The molecule has 24 heavy (non-hydrogen) atoms. The van der Waals surface area contributed by atoms with Crippen LogP contribution in [0.2, 0.25) is 0 Å². The number of hydrogen-bond acceptors (Lipinski definition) is 3. The number of ether oxygens (including phenoxy) is 1. The molecule has 2 aromatic carbocycles. The lowest BCUT2D eigenvalue weighted by molar-refractivity contribution is -0.137. The van der Waals surface area contributed by atoms with Crippen LogP contribution in [-0.2, 0) is 4.79 Å². The van der Waals surface area contributed by atoms with Gasteiger partial charge in [0, 0.05) is 11.8 Å². The van der Waals surface area contributed by atoms with Crippen LogP contribution in [0, 0.1) is 6.92 Å². The van der Waals surface area contributed by atoms with Gasteiger partial charge in [-0.25, -0.2) is 4.98 Å². The Morgan fingerprint density at radius 1 is 1.04 bits per heavy atom. The number of imidazole rings is 1. The summed E-state index contributed by atoms with van der Waals surface area (Å²) >= 11 is 0. The lowest BCUT2D eigenvalue weighted by atomic mass is 10.0. The standard InChI is InChI=1S/C19H18N2O3/c1-13-12-20-19(21-13)16-4-2-14(3-5-16)15-6-8-17(9-7-15)24-11-10-18(22)23/h2-9,12H,10-11H2,1H3,(H,20,21)(H,22,23). The normalized spacial score (nSPS) is 10.5. The van der Waals surface area contributed by atoms with Gasteiger partial charge < -0.3 is 14.8 Å². The zero-order valence-corrected chi connectivity index (χ0v) is 13.3. The van der Waals surface area contributed by atoms with Crippen LogP contribution in [0.1, 0.15) is 12.1 Å². The number of nitrogens with one attached hydrogen (secondary N) is 1. The highest BCUT2D eigenvalue weighted by atomic mass is 16.5. The Morgan fingerprint density at radius 3 is 2.17 bits per heavy atom.